The maximum Gasteiger partial charge on any atom is 0.326 e. The van der Waals surface area contributed by atoms with Crippen LogP contribution in [0.25, 0.3) is 0 Å². The molecule has 2 aromatic rings. The first-order valence-corrected chi connectivity index (χ1v) is 10.5. The smallest absolute Gasteiger partial charge is 0.326 e. The first-order chi connectivity index (χ1) is 13.4. The van der Waals surface area contributed by atoms with Crippen LogP contribution in [0.1, 0.15) is 41.9 Å². The second-order valence-corrected chi connectivity index (χ2v) is 8.11. The summed E-state index contributed by atoms with van der Waals surface area (Å²) in [5.74, 6) is 0.705. The van der Waals surface area contributed by atoms with Crippen molar-refractivity contribution in [2.24, 2.45) is 0 Å². The van der Waals surface area contributed by atoms with Gasteiger partial charge in [-0.25, -0.2) is 9.78 Å². The number of hydrogen-bond acceptors (Lipinski definition) is 4. The molecule has 0 fully saturated rings. The van der Waals surface area contributed by atoms with Crippen LogP contribution in [0, 0.1) is 13.8 Å². The third kappa shape index (κ3) is 4.47. The summed E-state index contributed by atoms with van der Waals surface area (Å²) in [6.07, 6.45) is 0.878. The number of benzene rings is 1. The van der Waals surface area contributed by atoms with Gasteiger partial charge in [0, 0.05) is 35.3 Å². The Hall–Kier alpha value is -2.54. The zero-order valence-electron chi connectivity index (χ0n) is 16.7. The SMILES string of the molecule is CC[C@H](C)NC(=O)c1ccc(NC(=O)N2CCSc3nc(C)cc(C)c32)cc1. The molecule has 148 valence electrons. The number of hydrogen-bond donors (Lipinski definition) is 2. The predicted octanol–water partition coefficient (Wildman–Crippen LogP) is 4.37. The molecule has 1 aromatic heterocycles. The van der Waals surface area contributed by atoms with Crippen LogP contribution in [-0.4, -0.2) is 35.3 Å². The minimum absolute atomic E-state index is 0.105. The van der Waals surface area contributed by atoms with E-state index >= 15 is 0 Å². The quantitative estimate of drug-likeness (QED) is 0.802. The van der Waals surface area contributed by atoms with Crippen LogP contribution in [0.5, 0.6) is 0 Å². The van der Waals surface area contributed by atoms with E-state index in [1.807, 2.05) is 33.8 Å². The van der Waals surface area contributed by atoms with Crippen molar-refractivity contribution >= 4 is 35.1 Å². The molecule has 2 N–H and O–H groups in total. The van der Waals surface area contributed by atoms with Gasteiger partial charge in [0.1, 0.15) is 5.03 Å². The normalized spacial score (nSPS) is 14.2. The monoisotopic (exact) mass is 398 g/mol. The lowest BCUT2D eigenvalue weighted by Gasteiger charge is -2.30. The van der Waals surface area contributed by atoms with Crippen molar-refractivity contribution in [3.63, 3.8) is 0 Å². The lowest BCUT2D eigenvalue weighted by atomic mass is 10.1. The molecule has 1 aliphatic rings. The van der Waals surface area contributed by atoms with E-state index in [1.165, 1.54) is 0 Å². The number of amides is 3. The van der Waals surface area contributed by atoms with Crippen molar-refractivity contribution in [3.05, 3.63) is 47.2 Å². The highest BCUT2D eigenvalue weighted by molar-refractivity contribution is 7.99. The highest BCUT2D eigenvalue weighted by Crippen LogP contribution is 2.36. The van der Waals surface area contributed by atoms with Crippen molar-refractivity contribution in [2.75, 3.05) is 22.5 Å². The van der Waals surface area contributed by atoms with E-state index in [0.717, 1.165) is 34.1 Å². The van der Waals surface area contributed by atoms with Crippen LogP contribution in [0.3, 0.4) is 0 Å². The lowest BCUT2D eigenvalue weighted by Crippen LogP contribution is -2.39. The zero-order valence-corrected chi connectivity index (χ0v) is 17.5. The molecule has 0 unspecified atom stereocenters. The predicted molar refractivity (Wildman–Crippen MR) is 114 cm³/mol. The van der Waals surface area contributed by atoms with Crippen LogP contribution in [0.4, 0.5) is 16.2 Å². The third-order valence-corrected chi connectivity index (χ3v) is 5.68. The summed E-state index contributed by atoms with van der Waals surface area (Å²) < 4.78 is 0. The molecular weight excluding hydrogens is 372 g/mol. The number of carbonyl (C=O) groups is 2. The van der Waals surface area contributed by atoms with Crippen LogP contribution >= 0.6 is 11.8 Å². The van der Waals surface area contributed by atoms with Gasteiger partial charge in [0.2, 0.25) is 0 Å². The minimum atomic E-state index is -0.188. The molecular formula is C21H26N4O2S. The number of rotatable bonds is 4. The molecule has 0 aliphatic carbocycles. The molecule has 0 bridgehead atoms. The topological polar surface area (TPSA) is 74.3 Å². The standard InChI is InChI=1S/C21H26N4O2S/c1-5-14(3)22-19(26)16-6-8-17(9-7-16)24-21(27)25-10-11-28-20-18(25)13(2)12-15(4)23-20/h6-9,12,14H,5,10-11H2,1-4H3,(H,22,26)(H,24,27)/t14-/m0/s1. The Morgan fingerprint density at radius 2 is 1.96 bits per heavy atom. The van der Waals surface area contributed by atoms with Crippen molar-refractivity contribution in [1.82, 2.24) is 10.3 Å². The van der Waals surface area contributed by atoms with Gasteiger partial charge in [0.05, 0.1) is 5.69 Å². The van der Waals surface area contributed by atoms with Gasteiger partial charge in [-0.2, -0.15) is 0 Å². The lowest BCUT2D eigenvalue weighted by molar-refractivity contribution is 0.0939. The first kappa shape index (κ1) is 20.2. The maximum absolute atomic E-state index is 12.9. The van der Waals surface area contributed by atoms with E-state index in [-0.39, 0.29) is 18.0 Å². The fourth-order valence-corrected chi connectivity index (χ4v) is 4.16. The number of aromatic nitrogens is 1. The summed E-state index contributed by atoms with van der Waals surface area (Å²) in [6.45, 7) is 8.60. The number of carbonyl (C=O) groups excluding carboxylic acids is 2. The highest BCUT2D eigenvalue weighted by atomic mass is 32.2. The van der Waals surface area contributed by atoms with Gasteiger partial charge in [-0.05, 0) is 63.1 Å². The van der Waals surface area contributed by atoms with Gasteiger partial charge in [0.25, 0.3) is 5.91 Å². The molecule has 0 saturated heterocycles. The van der Waals surface area contributed by atoms with E-state index in [1.54, 1.807) is 40.9 Å². The van der Waals surface area contributed by atoms with Gasteiger partial charge in [0.15, 0.2) is 0 Å². The Labute approximate surface area is 170 Å². The van der Waals surface area contributed by atoms with Crippen LogP contribution in [-0.2, 0) is 0 Å². The summed E-state index contributed by atoms with van der Waals surface area (Å²) in [6, 6.07) is 8.89. The fourth-order valence-electron chi connectivity index (χ4n) is 3.08. The molecule has 28 heavy (non-hydrogen) atoms. The molecule has 2 heterocycles. The fraction of sp³-hybridized carbons (Fsp3) is 0.381. The number of thioether (sulfide) groups is 1. The molecule has 7 heteroatoms. The number of nitrogens with one attached hydrogen (secondary N) is 2. The summed E-state index contributed by atoms with van der Waals surface area (Å²) >= 11 is 1.68. The number of urea groups is 1. The summed E-state index contributed by atoms with van der Waals surface area (Å²) in [7, 11) is 0. The summed E-state index contributed by atoms with van der Waals surface area (Å²) in [5.41, 5.74) is 4.11. The Bertz CT molecular complexity index is 883. The number of fused-ring (bicyclic) bond motifs is 1. The maximum atomic E-state index is 12.9. The molecule has 0 saturated carbocycles. The van der Waals surface area contributed by atoms with Gasteiger partial charge >= 0.3 is 6.03 Å². The Balaban J connectivity index is 1.72. The second-order valence-electron chi connectivity index (χ2n) is 7.02. The molecule has 3 rings (SSSR count). The van der Waals surface area contributed by atoms with E-state index < -0.39 is 0 Å². The van der Waals surface area contributed by atoms with E-state index in [9.17, 15) is 9.59 Å². The number of nitrogens with zero attached hydrogens (tertiary/aromatic N) is 2. The van der Waals surface area contributed by atoms with Crippen molar-refractivity contribution in [1.29, 1.82) is 0 Å². The molecule has 0 radical (unpaired) electrons. The van der Waals surface area contributed by atoms with Crippen LogP contribution in [0.2, 0.25) is 0 Å². The largest absolute Gasteiger partial charge is 0.350 e. The molecule has 1 aromatic carbocycles. The number of anilines is 2. The molecule has 1 atom stereocenters. The molecule has 6 nitrogen and oxygen atoms in total. The van der Waals surface area contributed by atoms with Crippen molar-refractivity contribution in [3.8, 4) is 0 Å². The molecule has 3 amide bonds. The summed E-state index contributed by atoms with van der Waals surface area (Å²) in [4.78, 5) is 31.4. The van der Waals surface area contributed by atoms with Gasteiger partial charge in [-0.3, -0.25) is 9.69 Å². The van der Waals surface area contributed by atoms with Gasteiger partial charge < -0.3 is 10.6 Å². The number of pyridine rings is 1. The molecule has 1 aliphatic heterocycles. The Morgan fingerprint density at radius 3 is 2.64 bits per heavy atom. The van der Waals surface area contributed by atoms with Gasteiger partial charge in [-0.1, -0.05) is 6.92 Å². The average molecular weight is 399 g/mol. The van der Waals surface area contributed by atoms with Crippen LogP contribution < -0.4 is 15.5 Å². The Morgan fingerprint density at radius 1 is 1.25 bits per heavy atom. The number of aryl methyl sites for hydroxylation is 2. The zero-order chi connectivity index (χ0) is 20.3. The van der Waals surface area contributed by atoms with Gasteiger partial charge in [-0.15, -0.1) is 11.8 Å². The second kappa shape index (κ2) is 8.65. The van der Waals surface area contributed by atoms with Crippen molar-refractivity contribution < 1.29 is 9.59 Å². The summed E-state index contributed by atoms with van der Waals surface area (Å²) in [5, 5.41) is 6.77. The van der Waals surface area contributed by atoms with Crippen LogP contribution in [0.15, 0.2) is 35.4 Å². The Kier molecular flexibility index (Phi) is 6.24. The van der Waals surface area contributed by atoms with E-state index in [0.29, 0.717) is 17.8 Å². The minimum Gasteiger partial charge on any atom is -0.350 e. The van der Waals surface area contributed by atoms with E-state index in [2.05, 4.69) is 15.6 Å². The molecule has 0 spiro atoms. The van der Waals surface area contributed by atoms with E-state index in [4.69, 9.17) is 0 Å². The first-order valence-electron chi connectivity index (χ1n) is 9.49. The average Bonchev–Trinajstić information content (AvgIpc) is 2.67. The third-order valence-electron chi connectivity index (χ3n) is 4.74. The van der Waals surface area contributed by atoms with Crippen molar-refractivity contribution in [2.45, 2.75) is 45.2 Å². The highest BCUT2D eigenvalue weighted by Gasteiger charge is 2.26.